The maximum Gasteiger partial charge on any atom is 0.0954 e. The van der Waals surface area contributed by atoms with Gasteiger partial charge in [0, 0.05) is 36.7 Å². The van der Waals surface area contributed by atoms with Gasteiger partial charge in [0.2, 0.25) is 0 Å². The van der Waals surface area contributed by atoms with Gasteiger partial charge in [-0.2, -0.15) is 5.10 Å². The molecule has 4 nitrogen and oxygen atoms in total. The molecule has 92 valence electrons. The fourth-order valence-electron chi connectivity index (χ4n) is 1.87. The quantitative estimate of drug-likeness (QED) is 0.898. The van der Waals surface area contributed by atoms with Crippen LogP contribution in [0.5, 0.6) is 0 Å². The van der Waals surface area contributed by atoms with Crippen LogP contribution in [-0.4, -0.2) is 26.0 Å². The first-order valence-corrected chi connectivity index (χ1v) is 6.51. The number of rotatable bonds is 4. The number of aliphatic hydroxyl groups excluding tert-OH is 1. The predicted octanol–water partition coefficient (Wildman–Crippen LogP) is 1.64. The molecule has 0 saturated carbocycles. The van der Waals surface area contributed by atoms with Crippen LogP contribution in [0.15, 0.2) is 11.4 Å². The summed E-state index contributed by atoms with van der Waals surface area (Å²) in [6.45, 7) is 3.93. The molecule has 0 fully saturated rings. The van der Waals surface area contributed by atoms with Crippen LogP contribution in [0.1, 0.15) is 22.1 Å². The molecule has 17 heavy (non-hydrogen) atoms. The molecule has 2 aromatic heterocycles. The Balaban J connectivity index is 1.97. The topological polar surface area (TPSA) is 50.9 Å². The Morgan fingerprint density at radius 1 is 1.35 bits per heavy atom. The maximum atomic E-state index is 10.0. The van der Waals surface area contributed by atoms with Crippen molar-refractivity contribution < 1.29 is 5.11 Å². The van der Waals surface area contributed by atoms with Gasteiger partial charge in [-0.25, -0.2) is 4.98 Å². The number of hydrogen-bond donors (Lipinski definition) is 1. The Hall–Kier alpha value is -1.20. The summed E-state index contributed by atoms with van der Waals surface area (Å²) in [7, 11) is 1.91. The van der Waals surface area contributed by atoms with Crippen LogP contribution >= 0.6 is 11.3 Å². The molecule has 0 aromatic carbocycles. The molecule has 0 aliphatic heterocycles. The van der Waals surface area contributed by atoms with Crippen molar-refractivity contribution >= 4 is 11.3 Å². The zero-order valence-electron chi connectivity index (χ0n) is 10.3. The number of aromatic nitrogens is 3. The second kappa shape index (κ2) is 4.98. The van der Waals surface area contributed by atoms with Crippen molar-refractivity contribution in [2.45, 2.75) is 32.8 Å². The van der Waals surface area contributed by atoms with E-state index in [4.69, 9.17) is 0 Å². The molecular weight excluding hydrogens is 234 g/mol. The van der Waals surface area contributed by atoms with E-state index < -0.39 is 6.10 Å². The van der Waals surface area contributed by atoms with Crippen molar-refractivity contribution in [3.63, 3.8) is 0 Å². The molecule has 1 unspecified atom stereocenters. The van der Waals surface area contributed by atoms with E-state index >= 15 is 0 Å². The van der Waals surface area contributed by atoms with E-state index in [2.05, 4.69) is 10.1 Å². The number of hydrogen-bond acceptors (Lipinski definition) is 4. The number of aliphatic hydroxyl groups is 1. The highest BCUT2D eigenvalue weighted by atomic mass is 32.1. The van der Waals surface area contributed by atoms with Crippen LogP contribution in [0.4, 0.5) is 0 Å². The lowest BCUT2D eigenvalue weighted by Crippen LogP contribution is -2.16. The van der Waals surface area contributed by atoms with Crippen molar-refractivity contribution in [3.8, 4) is 0 Å². The molecule has 5 heteroatoms. The smallest absolute Gasteiger partial charge is 0.0954 e. The van der Waals surface area contributed by atoms with Gasteiger partial charge in [0.1, 0.15) is 0 Å². The van der Waals surface area contributed by atoms with Gasteiger partial charge in [0.25, 0.3) is 0 Å². The summed E-state index contributed by atoms with van der Waals surface area (Å²) in [5, 5.41) is 17.3. The Morgan fingerprint density at radius 3 is 2.65 bits per heavy atom. The van der Waals surface area contributed by atoms with Crippen LogP contribution in [0.3, 0.4) is 0 Å². The summed E-state index contributed by atoms with van der Waals surface area (Å²) >= 11 is 1.60. The molecule has 0 spiro atoms. The highest BCUT2D eigenvalue weighted by Gasteiger charge is 2.12. The van der Waals surface area contributed by atoms with Crippen molar-refractivity contribution in [1.82, 2.24) is 14.8 Å². The third-order valence-electron chi connectivity index (χ3n) is 2.62. The summed E-state index contributed by atoms with van der Waals surface area (Å²) in [5.41, 5.74) is 3.07. The van der Waals surface area contributed by atoms with Gasteiger partial charge < -0.3 is 5.11 Å². The van der Waals surface area contributed by atoms with Gasteiger partial charge in [-0.05, 0) is 19.9 Å². The summed E-state index contributed by atoms with van der Waals surface area (Å²) in [6, 6.07) is 2.01. The molecule has 2 aromatic rings. The third kappa shape index (κ3) is 3.14. The standard InChI is InChI=1S/C12H17N3OS/c1-8-4-10(15(3)14-8)5-11(16)6-12-13-9(2)7-17-12/h4,7,11,16H,5-6H2,1-3H3. The maximum absolute atomic E-state index is 10.0. The van der Waals surface area contributed by atoms with Crippen molar-refractivity contribution in [2.75, 3.05) is 0 Å². The van der Waals surface area contributed by atoms with Crippen molar-refractivity contribution in [2.24, 2.45) is 7.05 Å². The van der Waals surface area contributed by atoms with Crippen LogP contribution in [-0.2, 0) is 19.9 Å². The van der Waals surface area contributed by atoms with Gasteiger partial charge in [-0.3, -0.25) is 4.68 Å². The van der Waals surface area contributed by atoms with E-state index in [0.29, 0.717) is 12.8 Å². The average Bonchev–Trinajstić information content (AvgIpc) is 2.74. The highest BCUT2D eigenvalue weighted by molar-refractivity contribution is 7.09. The Labute approximate surface area is 105 Å². The monoisotopic (exact) mass is 251 g/mol. The van der Waals surface area contributed by atoms with E-state index in [-0.39, 0.29) is 0 Å². The van der Waals surface area contributed by atoms with Crippen molar-refractivity contribution in [3.05, 3.63) is 33.5 Å². The third-order valence-corrected chi connectivity index (χ3v) is 3.61. The molecule has 0 bridgehead atoms. The Morgan fingerprint density at radius 2 is 2.12 bits per heavy atom. The molecule has 0 aliphatic rings. The fraction of sp³-hybridized carbons (Fsp3) is 0.500. The van der Waals surface area contributed by atoms with Crippen LogP contribution in [0.2, 0.25) is 0 Å². The summed E-state index contributed by atoms with van der Waals surface area (Å²) < 4.78 is 1.83. The normalized spacial score (nSPS) is 12.9. The molecular formula is C12H17N3OS. The summed E-state index contributed by atoms with van der Waals surface area (Å²) in [5.74, 6) is 0. The minimum atomic E-state index is -0.393. The zero-order chi connectivity index (χ0) is 12.4. The number of nitrogens with zero attached hydrogens (tertiary/aromatic N) is 3. The Bertz CT molecular complexity index is 504. The molecule has 0 saturated heterocycles. The van der Waals surface area contributed by atoms with Gasteiger partial charge in [0.05, 0.1) is 16.8 Å². The zero-order valence-corrected chi connectivity index (χ0v) is 11.2. The molecule has 0 amide bonds. The highest BCUT2D eigenvalue weighted by Crippen LogP contribution is 2.13. The van der Waals surface area contributed by atoms with Gasteiger partial charge in [-0.15, -0.1) is 11.3 Å². The van der Waals surface area contributed by atoms with Crippen LogP contribution in [0, 0.1) is 13.8 Å². The first kappa shape index (κ1) is 12.3. The molecule has 0 aliphatic carbocycles. The van der Waals surface area contributed by atoms with Gasteiger partial charge in [0.15, 0.2) is 0 Å². The molecule has 1 atom stereocenters. The first-order valence-electron chi connectivity index (χ1n) is 5.63. The molecule has 0 radical (unpaired) electrons. The van der Waals surface area contributed by atoms with Crippen molar-refractivity contribution in [1.29, 1.82) is 0 Å². The summed E-state index contributed by atoms with van der Waals surface area (Å²) in [6.07, 6.45) is 0.842. The fourth-order valence-corrected chi connectivity index (χ4v) is 2.71. The van der Waals surface area contributed by atoms with Crippen LogP contribution in [0.25, 0.3) is 0 Å². The van der Waals surface area contributed by atoms with Crippen LogP contribution < -0.4 is 0 Å². The minimum Gasteiger partial charge on any atom is -0.392 e. The molecule has 1 N–H and O–H groups in total. The van der Waals surface area contributed by atoms with E-state index in [0.717, 1.165) is 22.1 Å². The van der Waals surface area contributed by atoms with E-state index in [9.17, 15) is 5.11 Å². The Kier molecular flexibility index (Phi) is 3.59. The number of thiazole rings is 1. The van der Waals surface area contributed by atoms with Gasteiger partial charge >= 0.3 is 0 Å². The van der Waals surface area contributed by atoms with Gasteiger partial charge in [-0.1, -0.05) is 0 Å². The predicted molar refractivity (Wildman–Crippen MR) is 68.2 cm³/mol. The minimum absolute atomic E-state index is 0.393. The van der Waals surface area contributed by atoms with E-state index in [1.54, 1.807) is 11.3 Å². The largest absolute Gasteiger partial charge is 0.392 e. The lowest BCUT2D eigenvalue weighted by Gasteiger charge is -2.08. The number of aryl methyl sites for hydroxylation is 3. The SMILES string of the molecule is Cc1csc(CC(O)Cc2cc(C)nn2C)n1. The molecule has 2 rings (SSSR count). The second-order valence-corrected chi connectivity index (χ2v) is 5.29. The van der Waals surface area contributed by atoms with E-state index in [1.165, 1.54) is 0 Å². The molecule has 2 heterocycles. The second-order valence-electron chi connectivity index (χ2n) is 4.35. The van der Waals surface area contributed by atoms with E-state index in [1.807, 2.05) is 37.0 Å². The average molecular weight is 251 g/mol. The first-order chi connectivity index (χ1) is 8.04. The lowest BCUT2D eigenvalue weighted by atomic mass is 10.1. The lowest BCUT2D eigenvalue weighted by molar-refractivity contribution is 0.172. The summed E-state index contributed by atoms with van der Waals surface area (Å²) in [4.78, 5) is 4.36.